The third-order valence-electron chi connectivity index (χ3n) is 6.50. The van der Waals surface area contributed by atoms with Crippen LogP contribution in [-0.4, -0.2) is 77.2 Å². The Morgan fingerprint density at radius 3 is 2.78 bits per heavy atom. The molecule has 1 N–H and O–H groups in total. The monoisotopic (exact) mass is 536 g/mol. The fraction of sp³-hybridized carbons (Fsp3) is 0.450. The van der Waals surface area contributed by atoms with Gasteiger partial charge in [0.2, 0.25) is 15.2 Å². The summed E-state index contributed by atoms with van der Waals surface area (Å²) in [5.74, 6) is 0. The topological polar surface area (TPSA) is 146 Å². The molecule has 1 amide bonds. The molecule has 0 bridgehead atoms. The summed E-state index contributed by atoms with van der Waals surface area (Å²) >= 11 is 0.651. The molecular formula is C20H18F2N8O4S2. The van der Waals surface area contributed by atoms with Crippen LogP contribution in [0.5, 0.6) is 0 Å². The van der Waals surface area contributed by atoms with Gasteiger partial charge < -0.3 is 9.64 Å². The van der Waals surface area contributed by atoms with Crippen LogP contribution in [0.25, 0.3) is 16.0 Å². The average molecular weight is 537 g/mol. The molecule has 6 rings (SSSR count). The largest absolute Gasteiger partial charge is 0.447 e. The number of ether oxygens (including phenoxy) is 1. The van der Waals surface area contributed by atoms with Crippen molar-refractivity contribution in [2.45, 2.75) is 35.7 Å². The van der Waals surface area contributed by atoms with Crippen molar-refractivity contribution in [2.24, 2.45) is 0 Å². The average Bonchev–Trinajstić information content (AvgIpc) is 3.21. The molecule has 1 saturated carbocycles. The number of hydrogen-bond donors (Lipinski definition) is 1. The first-order valence-corrected chi connectivity index (χ1v) is 13.3. The molecular weight excluding hydrogens is 518 g/mol. The van der Waals surface area contributed by atoms with E-state index in [9.17, 15) is 27.3 Å². The number of anilines is 1. The van der Waals surface area contributed by atoms with Crippen molar-refractivity contribution in [2.75, 3.05) is 31.1 Å². The summed E-state index contributed by atoms with van der Waals surface area (Å²) in [5, 5.41) is 21.1. The Morgan fingerprint density at radius 2 is 2.08 bits per heavy atom. The minimum absolute atomic E-state index is 0.0593. The number of carbonyl (C=O) groups excluding carboxylic acids is 1. The van der Waals surface area contributed by atoms with Crippen molar-refractivity contribution in [3.63, 3.8) is 0 Å². The van der Waals surface area contributed by atoms with Crippen molar-refractivity contribution in [3.8, 4) is 11.2 Å². The normalized spacial score (nSPS) is 21.1. The predicted octanol–water partition coefficient (Wildman–Crippen LogP) is 1.79. The van der Waals surface area contributed by atoms with E-state index in [1.807, 2.05) is 11.0 Å². The highest BCUT2D eigenvalue weighted by Crippen LogP contribution is 2.38. The number of nitrogens with one attached hydrogen (secondary N) is 1. The molecule has 0 radical (unpaired) electrons. The van der Waals surface area contributed by atoms with Crippen LogP contribution in [0, 0.1) is 11.3 Å². The van der Waals surface area contributed by atoms with Crippen molar-refractivity contribution in [1.29, 1.82) is 5.26 Å². The fourth-order valence-corrected chi connectivity index (χ4v) is 6.52. The maximum absolute atomic E-state index is 13.3. The number of piperazine rings is 1. The van der Waals surface area contributed by atoms with E-state index >= 15 is 0 Å². The summed E-state index contributed by atoms with van der Waals surface area (Å²) in [6, 6.07) is 4.70. The summed E-state index contributed by atoms with van der Waals surface area (Å²) < 4.78 is 61.7. The van der Waals surface area contributed by atoms with Crippen LogP contribution in [0.1, 0.15) is 24.3 Å². The molecule has 16 heteroatoms. The highest BCUT2D eigenvalue weighted by Gasteiger charge is 2.47. The zero-order chi connectivity index (χ0) is 25.2. The van der Waals surface area contributed by atoms with Crippen LogP contribution in [0.2, 0.25) is 0 Å². The number of rotatable bonds is 6. The number of benzene rings is 1. The maximum atomic E-state index is 13.3. The number of hydrogen-bond acceptors (Lipinski definition) is 10. The minimum Gasteiger partial charge on any atom is -0.447 e. The van der Waals surface area contributed by atoms with Crippen LogP contribution < -0.4 is 9.62 Å². The first-order chi connectivity index (χ1) is 17.2. The van der Waals surface area contributed by atoms with Gasteiger partial charge in [0.25, 0.3) is 6.43 Å². The standard InChI is InChI=1S/C20H18F2N8O4S2/c21-16(22)17-25-26-18(35-17)30-15-6-12(36(32,33)27-20(10-23)1-2-20)5-14(13(15)7-24-30)28-3-4-29-11(8-28)9-34-19(29)31/h5-7,11,16,27H,1-4,8-9H2/t11-/m1/s1. The van der Waals surface area contributed by atoms with Gasteiger partial charge in [0, 0.05) is 30.7 Å². The van der Waals surface area contributed by atoms with Gasteiger partial charge in [-0.3, -0.25) is 4.90 Å². The molecule has 4 heterocycles. The lowest BCUT2D eigenvalue weighted by Crippen LogP contribution is -2.52. The number of cyclic esters (lactones) is 1. The highest BCUT2D eigenvalue weighted by molar-refractivity contribution is 7.89. The van der Waals surface area contributed by atoms with Crippen LogP contribution in [0.3, 0.4) is 0 Å². The molecule has 2 aromatic heterocycles. The number of nitrogens with zero attached hydrogens (tertiary/aromatic N) is 7. The Hall–Kier alpha value is -3.42. The van der Waals surface area contributed by atoms with Crippen molar-refractivity contribution in [1.82, 2.24) is 29.6 Å². The van der Waals surface area contributed by atoms with Gasteiger partial charge in [-0.15, -0.1) is 10.2 Å². The van der Waals surface area contributed by atoms with E-state index in [0.717, 1.165) is 0 Å². The first kappa shape index (κ1) is 23.0. The number of carbonyl (C=O) groups is 1. The van der Waals surface area contributed by atoms with Crippen molar-refractivity contribution < 1.29 is 26.7 Å². The maximum Gasteiger partial charge on any atom is 0.410 e. The number of nitriles is 1. The lowest BCUT2D eigenvalue weighted by atomic mass is 10.1. The second kappa shape index (κ2) is 8.05. The lowest BCUT2D eigenvalue weighted by Gasteiger charge is -2.37. The molecule has 0 spiro atoms. The van der Waals surface area contributed by atoms with E-state index in [1.165, 1.54) is 23.0 Å². The zero-order valence-corrected chi connectivity index (χ0v) is 20.1. The number of halogens is 2. The van der Waals surface area contributed by atoms with Crippen LogP contribution in [0.4, 0.5) is 19.3 Å². The van der Waals surface area contributed by atoms with Gasteiger partial charge in [0.05, 0.1) is 28.7 Å². The lowest BCUT2D eigenvalue weighted by molar-refractivity contribution is 0.150. The van der Waals surface area contributed by atoms with E-state index in [-0.39, 0.29) is 28.8 Å². The fourth-order valence-electron chi connectivity index (χ4n) is 4.44. The van der Waals surface area contributed by atoms with E-state index < -0.39 is 27.0 Å². The van der Waals surface area contributed by atoms with Gasteiger partial charge >= 0.3 is 6.09 Å². The molecule has 2 aliphatic heterocycles. The molecule has 3 aliphatic rings. The second-order valence-electron chi connectivity index (χ2n) is 8.82. The van der Waals surface area contributed by atoms with Crippen LogP contribution in [0.15, 0.2) is 23.2 Å². The van der Waals surface area contributed by atoms with Crippen molar-refractivity contribution >= 4 is 44.0 Å². The Labute approximate surface area is 207 Å². The number of alkyl halides is 2. The molecule has 1 atom stereocenters. The SMILES string of the molecule is N#CC1(NS(=O)(=O)c2cc(N3CCN4C(=O)OC[C@H]4C3)c3cnn(-c4nnc(C(F)F)s4)c3c2)CC1. The summed E-state index contributed by atoms with van der Waals surface area (Å²) in [5.41, 5.74) is -0.265. The quantitative estimate of drug-likeness (QED) is 0.498. The number of amides is 1. The van der Waals surface area contributed by atoms with Crippen LogP contribution in [-0.2, 0) is 14.8 Å². The first-order valence-electron chi connectivity index (χ1n) is 11.0. The number of aromatic nitrogens is 4. The van der Waals surface area contributed by atoms with Gasteiger partial charge in [0.15, 0.2) is 5.01 Å². The number of fused-ring (bicyclic) bond motifs is 2. The van der Waals surface area contributed by atoms with Gasteiger partial charge in [-0.05, 0) is 25.0 Å². The molecule has 36 heavy (non-hydrogen) atoms. The molecule has 3 aromatic rings. The van der Waals surface area contributed by atoms with Gasteiger partial charge in [0.1, 0.15) is 12.1 Å². The third-order valence-corrected chi connectivity index (χ3v) is 8.92. The molecule has 3 fully saturated rings. The van der Waals surface area contributed by atoms with Gasteiger partial charge in [-0.2, -0.15) is 15.1 Å². The molecule has 0 unspecified atom stereocenters. The van der Waals surface area contributed by atoms with Gasteiger partial charge in [-0.25, -0.2) is 26.7 Å². The van der Waals surface area contributed by atoms with Gasteiger partial charge in [-0.1, -0.05) is 11.3 Å². The van der Waals surface area contributed by atoms with Crippen LogP contribution >= 0.6 is 11.3 Å². The summed E-state index contributed by atoms with van der Waals surface area (Å²) in [7, 11) is -4.11. The molecule has 1 aliphatic carbocycles. The van der Waals surface area contributed by atoms with E-state index in [4.69, 9.17) is 4.74 Å². The summed E-state index contributed by atoms with van der Waals surface area (Å²) in [6.45, 7) is 1.43. The van der Waals surface area contributed by atoms with E-state index in [1.54, 1.807) is 4.90 Å². The second-order valence-corrected chi connectivity index (χ2v) is 11.5. The molecule has 12 nitrogen and oxygen atoms in total. The zero-order valence-electron chi connectivity index (χ0n) is 18.5. The summed E-state index contributed by atoms with van der Waals surface area (Å²) in [4.78, 5) is 15.4. The van der Waals surface area contributed by atoms with E-state index in [2.05, 4.69) is 20.0 Å². The summed E-state index contributed by atoms with van der Waals surface area (Å²) in [6.07, 6.45) is -0.848. The Morgan fingerprint density at radius 1 is 1.28 bits per heavy atom. The Bertz CT molecular complexity index is 1530. The van der Waals surface area contributed by atoms with E-state index in [0.29, 0.717) is 60.4 Å². The molecule has 2 saturated heterocycles. The van der Waals surface area contributed by atoms with Crippen molar-refractivity contribution in [3.05, 3.63) is 23.3 Å². The molecule has 1 aromatic carbocycles. The smallest absolute Gasteiger partial charge is 0.410 e. The Balaban J connectivity index is 1.47. The predicted molar refractivity (Wildman–Crippen MR) is 121 cm³/mol. The Kier molecular flexibility index (Phi) is 5.14. The number of sulfonamides is 1. The highest BCUT2D eigenvalue weighted by atomic mass is 32.2. The third kappa shape index (κ3) is 3.74. The minimum atomic E-state index is -4.11. The molecule has 188 valence electrons.